The monoisotopic (exact) mass is 358 g/mol. The van der Waals surface area contributed by atoms with Gasteiger partial charge in [0.2, 0.25) is 0 Å². The first-order valence-electron chi connectivity index (χ1n) is 7.06. The fraction of sp³-hybridized carbons (Fsp3) is 0.533. The Kier molecular flexibility index (Phi) is 6.52. The van der Waals surface area contributed by atoms with E-state index in [0.29, 0.717) is 20.6 Å². The van der Waals surface area contributed by atoms with E-state index in [9.17, 15) is 9.59 Å². The molecule has 0 aliphatic rings. The summed E-state index contributed by atoms with van der Waals surface area (Å²) >= 11 is 6.41. The van der Waals surface area contributed by atoms with Crippen LogP contribution in [-0.2, 0) is 9.47 Å². The molecule has 0 aromatic carbocycles. The zero-order chi connectivity index (χ0) is 17.8. The van der Waals surface area contributed by atoms with Crippen LogP contribution in [0.4, 0.5) is 5.00 Å². The Morgan fingerprint density at radius 3 is 2.26 bits per heavy atom. The van der Waals surface area contributed by atoms with E-state index in [1.54, 1.807) is 6.92 Å². The van der Waals surface area contributed by atoms with E-state index in [0.717, 1.165) is 17.8 Å². The Balaban J connectivity index is 3.17. The van der Waals surface area contributed by atoms with Crippen molar-refractivity contribution in [3.05, 3.63) is 16.0 Å². The number of anilines is 1. The van der Waals surface area contributed by atoms with Crippen molar-refractivity contribution in [1.29, 1.82) is 0 Å². The predicted octanol–water partition coefficient (Wildman–Crippen LogP) is 3.10. The lowest BCUT2D eigenvalue weighted by molar-refractivity contribution is 0.0601. The number of thiocarbonyl (C=S) groups is 1. The van der Waals surface area contributed by atoms with Crippen LogP contribution in [0.25, 0.3) is 0 Å². The molecule has 0 amide bonds. The molecule has 2 N–H and O–H groups in total. The van der Waals surface area contributed by atoms with Gasteiger partial charge in [0, 0.05) is 5.54 Å². The molecule has 0 bridgehead atoms. The molecule has 0 atom stereocenters. The number of carbonyl (C=O) groups is 2. The fourth-order valence-electron chi connectivity index (χ4n) is 1.77. The third-order valence-corrected chi connectivity index (χ3v) is 4.86. The van der Waals surface area contributed by atoms with Gasteiger partial charge in [0.1, 0.15) is 9.88 Å². The van der Waals surface area contributed by atoms with Crippen molar-refractivity contribution in [3.8, 4) is 0 Å². The summed E-state index contributed by atoms with van der Waals surface area (Å²) in [6.07, 6.45) is 0.871. The minimum absolute atomic E-state index is 0.188. The van der Waals surface area contributed by atoms with E-state index in [1.165, 1.54) is 14.2 Å². The number of nitrogens with one attached hydrogen (secondary N) is 2. The normalized spacial score (nSPS) is 10.9. The summed E-state index contributed by atoms with van der Waals surface area (Å²) in [6.45, 7) is 7.75. The van der Waals surface area contributed by atoms with Crippen LogP contribution in [0.2, 0.25) is 0 Å². The molecular weight excluding hydrogens is 336 g/mol. The molecular formula is C15H22N2O4S2. The molecule has 0 saturated heterocycles. The molecule has 0 spiro atoms. The van der Waals surface area contributed by atoms with Crippen LogP contribution < -0.4 is 10.6 Å². The standard InChI is InChI=1S/C15H22N2O4S2/c1-7-15(3,4)17-14(22)16-11-9(12(18)20-5)8(2)10(23-11)13(19)21-6/h7H2,1-6H3,(H2,16,17,22). The summed E-state index contributed by atoms with van der Waals surface area (Å²) in [5.41, 5.74) is 0.609. The lowest BCUT2D eigenvalue weighted by Crippen LogP contribution is -2.44. The van der Waals surface area contributed by atoms with Crippen LogP contribution in [-0.4, -0.2) is 36.8 Å². The van der Waals surface area contributed by atoms with Crippen molar-refractivity contribution >= 4 is 45.6 Å². The van der Waals surface area contributed by atoms with Crippen molar-refractivity contribution < 1.29 is 19.1 Å². The maximum Gasteiger partial charge on any atom is 0.348 e. The summed E-state index contributed by atoms with van der Waals surface area (Å²) in [6, 6.07) is 0. The number of carbonyl (C=O) groups excluding carboxylic acids is 2. The number of rotatable bonds is 5. The summed E-state index contributed by atoms with van der Waals surface area (Å²) in [7, 11) is 2.58. The van der Waals surface area contributed by atoms with Crippen LogP contribution in [0.5, 0.6) is 0 Å². The number of methoxy groups -OCH3 is 2. The highest BCUT2D eigenvalue weighted by Gasteiger charge is 2.27. The van der Waals surface area contributed by atoms with E-state index in [2.05, 4.69) is 10.6 Å². The zero-order valence-corrected chi connectivity index (χ0v) is 15.8. The Hall–Kier alpha value is -1.67. The molecule has 1 heterocycles. The van der Waals surface area contributed by atoms with Crippen molar-refractivity contribution in [2.75, 3.05) is 19.5 Å². The van der Waals surface area contributed by atoms with Gasteiger partial charge in [-0.2, -0.15) is 0 Å². The SMILES string of the molecule is CCC(C)(C)NC(=S)Nc1sc(C(=O)OC)c(C)c1C(=O)OC. The molecule has 0 aliphatic carbocycles. The largest absolute Gasteiger partial charge is 0.465 e. The molecule has 0 fully saturated rings. The summed E-state index contributed by atoms with van der Waals surface area (Å²) in [5.74, 6) is -1.03. The summed E-state index contributed by atoms with van der Waals surface area (Å²) in [5, 5.41) is 6.99. The lowest BCUT2D eigenvalue weighted by atomic mass is 10.0. The second-order valence-corrected chi connectivity index (χ2v) is 6.99. The van der Waals surface area contributed by atoms with Gasteiger partial charge in [0.25, 0.3) is 0 Å². The van der Waals surface area contributed by atoms with E-state index in [-0.39, 0.29) is 11.1 Å². The van der Waals surface area contributed by atoms with Gasteiger partial charge in [-0.15, -0.1) is 11.3 Å². The average molecular weight is 358 g/mol. The number of hydrogen-bond acceptors (Lipinski definition) is 6. The maximum absolute atomic E-state index is 12.0. The molecule has 1 aromatic heterocycles. The van der Waals surface area contributed by atoms with Gasteiger partial charge < -0.3 is 20.1 Å². The van der Waals surface area contributed by atoms with Crippen LogP contribution in [0.15, 0.2) is 0 Å². The van der Waals surface area contributed by atoms with Gasteiger partial charge in [0.15, 0.2) is 5.11 Å². The molecule has 1 rings (SSSR count). The Labute approximate surface area is 145 Å². The fourth-order valence-corrected chi connectivity index (χ4v) is 3.33. The van der Waals surface area contributed by atoms with E-state index < -0.39 is 11.9 Å². The van der Waals surface area contributed by atoms with Crippen LogP contribution >= 0.6 is 23.6 Å². The number of esters is 2. The summed E-state index contributed by atoms with van der Waals surface area (Å²) < 4.78 is 9.54. The van der Waals surface area contributed by atoms with Crippen molar-refractivity contribution in [1.82, 2.24) is 5.32 Å². The third-order valence-electron chi connectivity index (χ3n) is 3.47. The van der Waals surface area contributed by atoms with Gasteiger partial charge >= 0.3 is 11.9 Å². The molecule has 23 heavy (non-hydrogen) atoms. The Morgan fingerprint density at radius 2 is 1.78 bits per heavy atom. The summed E-state index contributed by atoms with van der Waals surface area (Å²) in [4.78, 5) is 24.2. The number of thiophene rings is 1. The van der Waals surface area contributed by atoms with E-state index in [1.807, 2.05) is 20.8 Å². The molecule has 0 aliphatic heterocycles. The zero-order valence-electron chi connectivity index (χ0n) is 14.2. The first kappa shape index (κ1) is 19.4. The third kappa shape index (κ3) is 4.65. The smallest absolute Gasteiger partial charge is 0.348 e. The van der Waals surface area contributed by atoms with Gasteiger partial charge in [-0.3, -0.25) is 0 Å². The molecule has 8 heteroatoms. The number of hydrogen-bond donors (Lipinski definition) is 2. The van der Waals surface area contributed by atoms with Crippen molar-refractivity contribution in [3.63, 3.8) is 0 Å². The second-order valence-electron chi connectivity index (χ2n) is 5.56. The topological polar surface area (TPSA) is 76.7 Å². The maximum atomic E-state index is 12.0. The highest BCUT2D eigenvalue weighted by atomic mass is 32.1. The first-order valence-corrected chi connectivity index (χ1v) is 8.28. The first-order chi connectivity index (χ1) is 10.7. The van der Waals surface area contributed by atoms with Crippen LogP contribution in [0, 0.1) is 6.92 Å². The van der Waals surface area contributed by atoms with Gasteiger partial charge in [-0.1, -0.05) is 6.92 Å². The molecule has 1 aromatic rings. The second kappa shape index (κ2) is 7.74. The molecule has 0 saturated carbocycles. The van der Waals surface area contributed by atoms with Crippen LogP contribution in [0.1, 0.15) is 52.8 Å². The highest BCUT2D eigenvalue weighted by Crippen LogP contribution is 2.34. The molecule has 128 valence electrons. The molecule has 0 radical (unpaired) electrons. The Morgan fingerprint density at radius 1 is 1.22 bits per heavy atom. The van der Waals surface area contributed by atoms with E-state index >= 15 is 0 Å². The minimum atomic E-state index is -0.533. The molecule has 6 nitrogen and oxygen atoms in total. The van der Waals surface area contributed by atoms with Crippen molar-refractivity contribution in [2.24, 2.45) is 0 Å². The highest BCUT2D eigenvalue weighted by molar-refractivity contribution is 7.80. The van der Waals surface area contributed by atoms with Gasteiger partial charge in [-0.05, 0) is 45.0 Å². The number of ether oxygens (including phenoxy) is 2. The van der Waals surface area contributed by atoms with Crippen molar-refractivity contribution in [2.45, 2.75) is 39.7 Å². The van der Waals surface area contributed by atoms with E-state index in [4.69, 9.17) is 21.7 Å². The Bertz CT molecular complexity index is 623. The minimum Gasteiger partial charge on any atom is -0.465 e. The predicted molar refractivity (Wildman–Crippen MR) is 95.5 cm³/mol. The quantitative estimate of drug-likeness (QED) is 0.618. The van der Waals surface area contributed by atoms with Gasteiger partial charge in [-0.25, -0.2) is 9.59 Å². The van der Waals surface area contributed by atoms with Gasteiger partial charge in [0.05, 0.1) is 19.8 Å². The van der Waals surface area contributed by atoms with Crippen LogP contribution in [0.3, 0.4) is 0 Å². The lowest BCUT2D eigenvalue weighted by Gasteiger charge is -2.26. The molecule has 0 unspecified atom stereocenters. The average Bonchev–Trinajstić information content (AvgIpc) is 2.81.